The predicted octanol–water partition coefficient (Wildman–Crippen LogP) is 13.1. The number of fused-ring (bicyclic) bond motifs is 12. The molecule has 0 saturated carbocycles. The molecule has 0 amide bonds. The third-order valence-corrected chi connectivity index (χ3v) is 20.3. The molecule has 2 aliphatic carbocycles. The van der Waals surface area contributed by atoms with E-state index in [2.05, 4.69) is 187 Å². The van der Waals surface area contributed by atoms with E-state index in [9.17, 15) is 0 Å². The highest BCUT2D eigenvalue weighted by atomic mass is 32.2. The van der Waals surface area contributed by atoms with Crippen molar-refractivity contribution in [2.24, 2.45) is 0 Å². The highest BCUT2D eigenvalue weighted by Crippen LogP contribution is 2.61. The number of rotatable bonds is 2. The first-order valence-corrected chi connectivity index (χ1v) is 24.3. The van der Waals surface area contributed by atoms with E-state index in [0.29, 0.717) is 0 Å². The van der Waals surface area contributed by atoms with Crippen molar-refractivity contribution in [2.75, 3.05) is 0 Å². The van der Waals surface area contributed by atoms with Crippen molar-refractivity contribution >= 4 is 42.0 Å². The molecule has 7 aromatic carbocycles. The van der Waals surface area contributed by atoms with Crippen LogP contribution >= 0.6 is 23.5 Å². The highest BCUT2D eigenvalue weighted by Gasteiger charge is 2.46. The van der Waals surface area contributed by atoms with Gasteiger partial charge in [-0.25, -0.2) is 0 Å². The number of benzene rings is 7. The molecule has 3 heteroatoms. The molecule has 1 unspecified atom stereocenters. The van der Waals surface area contributed by atoms with E-state index in [-0.39, 0.29) is 16.2 Å². The van der Waals surface area contributed by atoms with Crippen molar-refractivity contribution in [3.8, 4) is 33.4 Å². The Morgan fingerprint density at radius 1 is 0.418 bits per heavy atom. The second kappa shape index (κ2) is 11.3. The summed E-state index contributed by atoms with van der Waals surface area (Å²) in [5.41, 5.74) is 17.9. The van der Waals surface area contributed by atoms with Crippen molar-refractivity contribution in [1.29, 1.82) is 0 Å². The summed E-state index contributed by atoms with van der Waals surface area (Å²) in [6.45, 7) is 17.2. The topological polar surface area (TPSA) is 0 Å². The summed E-state index contributed by atoms with van der Waals surface area (Å²) >= 11 is 4.00. The van der Waals surface area contributed by atoms with Crippen LogP contribution in [0.5, 0.6) is 0 Å². The van der Waals surface area contributed by atoms with Crippen molar-refractivity contribution in [3.63, 3.8) is 0 Å². The lowest BCUT2D eigenvalue weighted by Crippen LogP contribution is -2.56. The Kier molecular flexibility index (Phi) is 6.93. The summed E-state index contributed by atoms with van der Waals surface area (Å²) in [5.74, 6) is 0. The zero-order chi connectivity index (χ0) is 37.6. The van der Waals surface area contributed by atoms with Gasteiger partial charge in [0.2, 0.25) is 0 Å². The molecule has 7 aromatic rings. The molecular formula is C52H44S2Si. The molecule has 2 aliphatic heterocycles. The maximum Gasteiger partial charge on any atom is 0.115 e. The standard InChI is InChI=1S/C52H44S2Si/c1-50(2)36-20-12-11-18-34(36)45-38(50)28-29-44-49(45)54-47-33(19-15-23-43(47)55(44,6)7)31-24-25-35-41(30-31)52(5,32-16-9-8-10-17-32)39-26-27-40-48(46(35)39)53-42-22-14-13-21-37(42)51(40,3)4/h8-30H,1-7H3. The summed E-state index contributed by atoms with van der Waals surface area (Å²) in [6.07, 6.45) is 0. The summed E-state index contributed by atoms with van der Waals surface area (Å²) in [7, 11) is -2.04. The molecule has 0 fully saturated rings. The predicted molar refractivity (Wildman–Crippen MR) is 237 cm³/mol. The average molecular weight is 761 g/mol. The van der Waals surface area contributed by atoms with Crippen LogP contribution in [0.1, 0.15) is 73.6 Å². The first kappa shape index (κ1) is 33.8. The molecule has 55 heavy (non-hydrogen) atoms. The van der Waals surface area contributed by atoms with Crippen molar-refractivity contribution in [3.05, 3.63) is 178 Å². The van der Waals surface area contributed by atoms with Crippen LogP contribution in [-0.2, 0) is 16.2 Å². The zero-order valence-electron chi connectivity index (χ0n) is 32.6. The van der Waals surface area contributed by atoms with Gasteiger partial charge in [-0.2, -0.15) is 0 Å². The molecule has 1 atom stereocenters. The normalized spacial score (nSPS) is 19.5. The summed E-state index contributed by atoms with van der Waals surface area (Å²) in [5, 5.41) is 3.12. The molecule has 0 N–H and O–H groups in total. The van der Waals surface area contributed by atoms with Gasteiger partial charge in [0.05, 0.1) is 0 Å². The van der Waals surface area contributed by atoms with Crippen LogP contribution in [0, 0.1) is 0 Å². The minimum atomic E-state index is -2.04. The molecule has 268 valence electrons. The van der Waals surface area contributed by atoms with Gasteiger partial charge in [0.15, 0.2) is 0 Å². The minimum Gasteiger partial charge on any atom is -0.0890 e. The molecule has 0 radical (unpaired) electrons. The van der Waals surface area contributed by atoms with Crippen LogP contribution in [0.3, 0.4) is 0 Å². The Bertz CT molecular complexity index is 2810. The number of hydrogen-bond donors (Lipinski definition) is 0. The lowest BCUT2D eigenvalue weighted by atomic mass is 9.72. The van der Waals surface area contributed by atoms with E-state index in [1.165, 1.54) is 91.9 Å². The lowest BCUT2D eigenvalue weighted by molar-refractivity contribution is 0.606. The maximum atomic E-state index is 2.57. The van der Waals surface area contributed by atoms with Gasteiger partial charge in [-0.15, -0.1) is 0 Å². The van der Waals surface area contributed by atoms with E-state index in [0.717, 1.165) is 0 Å². The summed E-state index contributed by atoms with van der Waals surface area (Å²) in [4.78, 5) is 5.73. The lowest BCUT2D eigenvalue weighted by Gasteiger charge is -2.36. The van der Waals surface area contributed by atoms with Crippen LogP contribution in [0.25, 0.3) is 33.4 Å². The third-order valence-electron chi connectivity index (χ3n) is 13.9. The van der Waals surface area contributed by atoms with Crippen molar-refractivity contribution in [1.82, 2.24) is 0 Å². The Balaban J connectivity index is 1.12. The molecule has 4 aliphatic rings. The summed E-state index contributed by atoms with van der Waals surface area (Å²) in [6, 6.07) is 53.9. The van der Waals surface area contributed by atoms with E-state index in [1.54, 1.807) is 10.4 Å². The van der Waals surface area contributed by atoms with Gasteiger partial charge in [-0.05, 0) is 96.2 Å². The summed E-state index contributed by atoms with van der Waals surface area (Å²) < 4.78 is 0. The molecule has 11 rings (SSSR count). The first-order chi connectivity index (χ1) is 26.4. The van der Waals surface area contributed by atoms with Crippen LogP contribution in [0.4, 0.5) is 0 Å². The fourth-order valence-corrected chi connectivity index (χ4v) is 18.0. The average Bonchev–Trinajstić information content (AvgIpc) is 3.59. The molecule has 0 spiro atoms. The monoisotopic (exact) mass is 760 g/mol. The van der Waals surface area contributed by atoms with E-state index in [1.807, 2.05) is 23.5 Å². The van der Waals surface area contributed by atoms with Crippen molar-refractivity contribution < 1.29 is 0 Å². The molecule has 0 saturated heterocycles. The molecular weight excluding hydrogens is 717 g/mol. The molecule has 0 aromatic heterocycles. The van der Waals surface area contributed by atoms with E-state index in [4.69, 9.17) is 0 Å². The SMILES string of the molecule is CC1(C)c2ccccc2Sc2c1ccc1c2-c2ccc(-c3cccc4c3Sc3c(ccc5c3-c3ccccc3C5(C)C)[Si]4(C)C)cc2C1(C)c1ccccc1. The Morgan fingerprint density at radius 3 is 1.85 bits per heavy atom. The van der Waals surface area contributed by atoms with Crippen LogP contribution in [0.2, 0.25) is 13.1 Å². The zero-order valence-corrected chi connectivity index (χ0v) is 35.2. The fraction of sp³-hybridized carbons (Fsp3) is 0.192. The second-order valence-corrected chi connectivity index (χ2v) is 24.2. The van der Waals surface area contributed by atoms with Crippen LogP contribution < -0.4 is 10.4 Å². The molecule has 0 bridgehead atoms. The Hall–Kier alpha value is -4.54. The third kappa shape index (κ3) is 4.33. The fourth-order valence-electron chi connectivity index (χ4n) is 10.7. The van der Waals surface area contributed by atoms with Crippen molar-refractivity contribution in [2.45, 2.75) is 83.5 Å². The van der Waals surface area contributed by atoms with Gasteiger partial charge < -0.3 is 0 Å². The second-order valence-electron chi connectivity index (χ2n) is 17.8. The quantitative estimate of drug-likeness (QED) is 0.161. The largest absolute Gasteiger partial charge is 0.115 e. The Morgan fingerprint density at radius 2 is 1.04 bits per heavy atom. The van der Waals surface area contributed by atoms with Gasteiger partial charge in [-0.1, -0.05) is 192 Å². The van der Waals surface area contributed by atoms with E-state index < -0.39 is 8.07 Å². The van der Waals surface area contributed by atoms with Gasteiger partial charge >= 0.3 is 0 Å². The van der Waals surface area contributed by atoms with Gasteiger partial charge in [0.25, 0.3) is 0 Å². The van der Waals surface area contributed by atoms with Gasteiger partial charge in [0.1, 0.15) is 8.07 Å². The highest BCUT2D eigenvalue weighted by molar-refractivity contribution is 8.00. The van der Waals surface area contributed by atoms with E-state index >= 15 is 0 Å². The van der Waals surface area contributed by atoms with Crippen LogP contribution in [-0.4, -0.2) is 8.07 Å². The number of hydrogen-bond acceptors (Lipinski definition) is 2. The van der Waals surface area contributed by atoms with Gasteiger partial charge in [-0.3, -0.25) is 0 Å². The smallest absolute Gasteiger partial charge is 0.0890 e. The molecule has 2 heterocycles. The first-order valence-electron chi connectivity index (χ1n) is 19.7. The van der Waals surface area contributed by atoms with Gasteiger partial charge in [0, 0.05) is 41.4 Å². The maximum absolute atomic E-state index is 2.57. The Labute approximate surface area is 335 Å². The molecule has 0 nitrogen and oxygen atoms in total. The minimum absolute atomic E-state index is 0.0152. The van der Waals surface area contributed by atoms with Crippen LogP contribution in [0.15, 0.2) is 159 Å².